The Kier molecular flexibility index (Phi) is 4.22. The summed E-state index contributed by atoms with van der Waals surface area (Å²) in [6.45, 7) is 5.97. The summed E-state index contributed by atoms with van der Waals surface area (Å²) in [7, 11) is 0. The number of nitrogens with zero attached hydrogens (tertiary/aromatic N) is 1. The number of benzene rings is 1. The van der Waals surface area contributed by atoms with Crippen molar-refractivity contribution in [3.05, 3.63) is 52.1 Å². The third kappa shape index (κ3) is 2.48. The summed E-state index contributed by atoms with van der Waals surface area (Å²) in [4.78, 5) is 39.6. The lowest BCUT2D eigenvalue weighted by atomic mass is 9.85. The van der Waals surface area contributed by atoms with Gasteiger partial charge in [-0.2, -0.15) is 0 Å². The van der Waals surface area contributed by atoms with Crippen molar-refractivity contribution >= 4 is 35.1 Å². The number of ether oxygens (including phenoxy) is 1. The van der Waals surface area contributed by atoms with Gasteiger partial charge in [0.1, 0.15) is 0 Å². The Balaban J connectivity index is 1.72. The van der Waals surface area contributed by atoms with Gasteiger partial charge < -0.3 is 4.74 Å². The van der Waals surface area contributed by atoms with E-state index in [9.17, 15) is 14.4 Å². The van der Waals surface area contributed by atoms with Crippen molar-refractivity contribution in [2.24, 2.45) is 23.7 Å². The first-order valence-corrected chi connectivity index (χ1v) is 9.44. The van der Waals surface area contributed by atoms with E-state index in [1.54, 1.807) is 13.0 Å². The highest BCUT2D eigenvalue weighted by atomic mass is 35.5. The van der Waals surface area contributed by atoms with Crippen LogP contribution in [0.2, 0.25) is 5.02 Å². The summed E-state index contributed by atoms with van der Waals surface area (Å²) in [5.41, 5.74) is 2.90. The second-order valence-electron chi connectivity index (χ2n) is 7.34. The number of hydrogen-bond donors (Lipinski definition) is 0. The van der Waals surface area contributed by atoms with Crippen LogP contribution in [0.1, 0.15) is 31.1 Å². The zero-order valence-corrected chi connectivity index (χ0v) is 16.1. The minimum Gasteiger partial charge on any atom is -0.462 e. The van der Waals surface area contributed by atoms with Crippen molar-refractivity contribution in [2.45, 2.75) is 20.8 Å². The predicted molar refractivity (Wildman–Crippen MR) is 101 cm³/mol. The predicted octanol–water partition coefficient (Wildman–Crippen LogP) is 3.77. The molecule has 2 aliphatic carbocycles. The molecule has 1 saturated heterocycles. The molecule has 0 N–H and O–H groups in total. The van der Waals surface area contributed by atoms with Gasteiger partial charge in [0.05, 0.1) is 34.7 Å². The van der Waals surface area contributed by atoms with Crippen LogP contribution < -0.4 is 4.90 Å². The van der Waals surface area contributed by atoms with E-state index in [4.69, 9.17) is 16.3 Å². The van der Waals surface area contributed by atoms with Crippen LogP contribution in [0.4, 0.5) is 5.69 Å². The molecule has 1 saturated carbocycles. The fraction of sp³-hybridized carbons (Fsp3) is 0.381. The van der Waals surface area contributed by atoms with Crippen molar-refractivity contribution < 1.29 is 19.1 Å². The van der Waals surface area contributed by atoms with Crippen molar-refractivity contribution in [3.63, 3.8) is 0 Å². The van der Waals surface area contributed by atoms with Gasteiger partial charge in [0.25, 0.3) is 0 Å². The summed E-state index contributed by atoms with van der Waals surface area (Å²) in [5.74, 6) is -1.74. The highest BCUT2D eigenvalue weighted by Crippen LogP contribution is 2.57. The summed E-state index contributed by atoms with van der Waals surface area (Å²) >= 11 is 6.11. The maximum Gasteiger partial charge on any atom is 0.339 e. The first kappa shape index (κ1) is 18.0. The van der Waals surface area contributed by atoms with Crippen LogP contribution in [0.5, 0.6) is 0 Å². The number of rotatable bonds is 3. The summed E-state index contributed by atoms with van der Waals surface area (Å²) in [6.07, 6.45) is 4.10. The average molecular weight is 386 g/mol. The Bertz CT molecular complexity index is 894. The quantitative estimate of drug-likeness (QED) is 0.451. The largest absolute Gasteiger partial charge is 0.462 e. The number of anilines is 1. The molecular formula is C21H20ClNO4. The van der Waals surface area contributed by atoms with E-state index in [-0.39, 0.29) is 52.7 Å². The molecule has 3 aliphatic rings. The first-order valence-electron chi connectivity index (χ1n) is 9.06. The van der Waals surface area contributed by atoms with Gasteiger partial charge >= 0.3 is 5.97 Å². The molecule has 0 spiro atoms. The van der Waals surface area contributed by atoms with Crippen LogP contribution in [0.25, 0.3) is 0 Å². The zero-order chi connectivity index (χ0) is 19.5. The van der Waals surface area contributed by atoms with E-state index in [1.165, 1.54) is 28.2 Å². The number of fused-ring (bicyclic) bond motifs is 5. The Morgan fingerprint density at radius 1 is 1.11 bits per heavy atom. The number of allylic oxidation sites excluding steroid dienone is 4. The number of carbonyl (C=O) groups is 3. The van der Waals surface area contributed by atoms with Crippen molar-refractivity contribution in [2.75, 3.05) is 11.5 Å². The van der Waals surface area contributed by atoms with E-state index < -0.39 is 5.97 Å². The maximum absolute atomic E-state index is 13.1. The summed E-state index contributed by atoms with van der Waals surface area (Å²) in [5, 5.41) is 0.227. The van der Waals surface area contributed by atoms with Crippen LogP contribution in [-0.2, 0) is 14.3 Å². The minimum atomic E-state index is -0.572. The lowest BCUT2D eigenvalue weighted by Gasteiger charge is -2.20. The molecule has 1 aromatic rings. The Hall–Kier alpha value is -2.40. The SMILES string of the molecule is CCOC(=O)c1cc(N2C(=O)[C@@H]3[C@H](C2=O)[C@H]2C=C[C@H]3C2=C(C)C)ccc1Cl. The van der Waals surface area contributed by atoms with Gasteiger partial charge in [-0.1, -0.05) is 34.9 Å². The van der Waals surface area contributed by atoms with Gasteiger partial charge in [0, 0.05) is 11.8 Å². The minimum absolute atomic E-state index is 0.0109. The third-order valence-electron chi connectivity index (χ3n) is 5.70. The monoisotopic (exact) mass is 385 g/mol. The first-order chi connectivity index (χ1) is 12.9. The molecule has 1 heterocycles. The van der Waals surface area contributed by atoms with Gasteiger partial charge in [-0.05, 0) is 39.0 Å². The Labute approximate surface area is 162 Å². The number of imide groups is 1. The van der Waals surface area contributed by atoms with Gasteiger partial charge in [-0.15, -0.1) is 0 Å². The maximum atomic E-state index is 13.1. The third-order valence-corrected chi connectivity index (χ3v) is 6.03. The molecule has 0 unspecified atom stereocenters. The molecule has 140 valence electrons. The van der Waals surface area contributed by atoms with Crippen LogP contribution in [0, 0.1) is 23.7 Å². The normalized spacial score (nSPS) is 28.1. The second kappa shape index (κ2) is 6.34. The lowest BCUT2D eigenvalue weighted by molar-refractivity contribution is -0.122. The van der Waals surface area contributed by atoms with Crippen LogP contribution in [0.15, 0.2) is 41.5 Å². The van der Waals surface area contributed by atoms with Gasteiger partial charge in [0.15, 0.2) is 0 Å². The number of carbonyl (C=O) groups excluding carboxylic acids is 3. The average Bonchev–Trinajstić information content (AvgIpc) is 3.26. The topological polar surface area (TPSA) is 63.7 Å². The smallest absolute Gasteiger partial charge is 0.339 e. The van der Waals surface area contributed by atoms with E-state index >= 15 is 0 Å². The Morgan fingerprint density at radius 3 is 2.22 bits per heavy atom. The summed E-state index contributed by atoms with van der Waals surface area (Å²) in [6, 6.07) is 4.58. The Morgan fingerprint density at radius 2 is 1.70 bits per heavy atom. The lowest BCUT2D eigenvalue weighted by Crippen LogP contribution is -2.33. The molecular weight excluding hydrogens is 366 g/mol. The molecule has 2 bridgehead atoms. The molecule has 4 atom stereocenters. The highest BCUT2D eigenvalue weighted by molar-refractivity contribution is 6.34. The molecule has 27 heavy (non-hydrogen) atoms. The molecule has 2 fully saturated rings. The van der Waals surface area contributed by atoms with E-state index in [1.807, 2.05) is 13.8 Å². The van der Waals surface area contributed by atoms with Crippen LogP contribution in [0.3, 0.4) is 0 Å². The summed E-state index contributed by atoms with van der Waals surface area (Å²) < 4.78 is 5.01. The number of amides is 2. The van der Waals surface area contributed by atoms with Gasteiger partial charge in [-0.25, -0.2) is 9.69 Å². The van der Waals surface area contributed by atoms with E-state index in [0.29, 0.717) is 5.69 Å². The number of halogens is 1. The molecule has 6 heteroatoms. The molecule has 4 rings (SSSR count). The van der Waals surface area contributed by atoms with Crippen molar-refractivity contribution in [1.29, 1.82) is 0 Å². The number of esters is 1. The second-order valence-corrected chi connectivity index (χ2v) is 7.75. The van der Waals surface area contributed by atoms with Crippen molar-refractivity contribution in [3.8, 4) is 0 Å². The highest BCUT2D eigenvalue weighted by Gasteiger charge is 2.61. The molecule has 5 nitrogen and oxygen atoms in total. The fourth-order valence-corrected chi connectivity index (χ4v) is 4.90. The standard InChI is InChI=1S/C21H20ClNO4/c1-4-27-21(26)14-9-11(5-8-15(14)22)23-19(24)17-12-6-7-13(16(12)10(2)3)18(17)20(23)25/h5-9,12-13,17-18H,4H2,1-3H3/t12-,13-,17-,18+/m0/s1. The molecule has 1 aromatic carbocycles. The van der Waals surface area contributed by atoms with E-state index in [0.717, 1.165) is 0 Å². The van der Waals surface area contributed by atoms with Gasteiger partial charge in [-0.3, -0.25) is 9.59 Å². The van der Waals surface area contributed by atoms with Crippen molar-refractivity contribution in [1.82, 2.24) is 0 Å². The van der Waals surface area contributed by atoms with Gasteiger partial charge in [0.2, 0.25) is 11.8 Å². The van der Waals surface area contributed by atoms with Crippen LogP contribution >= 0.6 is 11.6 Å². The molecule has 0 aromatic heterocycles. The van der Waals surface area contributed by atoms with Crippen LogP contribution in [-0.4, -0.2) is 24.4 Å². The van der Waals surface area contributed by atoms with E-state index in [2.05, 4.69) is 12.2 Å². The molecule has 1 aliphatic heterocycles. The number of hydrogen-bond acceptors (Lipinski definition) is 4. The molecule has 0 radical (unpaired) electrons. The molecule has 2 amide bonds. The zero-order valence-electron chi connectivity index (χ0n) is 15.4. The fourth-order valence-electron chi connectivity index (χ4n) is 4.70.